The molecule has 0 saturated carbocycles. The summed E-state index contributed by atoms with van der Waals surface area (Å²) in [7, 11) is 0. The molecule has 138 valence electrons. The number of nitro groups is 1. The van der Waals surface area contributed by atoms with E-state index in [0.29, 0.717) is 10.6 Å². The van der Waals surface area contributed by atoms with Gasteiger partial charge in [-0.2, -0.15) is 0 Å². The van der Waals surface area contributed by atoms with Gasteiger partial charge in [-0.3, -0.25) is 14.9 Å². The van der Waals surface area contributed by atoms with Gasteiger partial charge in [-0.1, -0.05) is 35.9 Å². The van der Waals surface area contributed by atoms with Crippen LogP contribution in [0.2, 0.25) is 5.02 Å². The van der Waals surface area contributed by atoms with Gasteiger partial charge in [0.25, 0.3) is 11.6 Å². The minimum absolute atomic E-state index is 0.0895. The van der Waals surface area contributed by atoms with Crippen LogP contribution in [0.5, 0.6) is 0 Å². The van der Waals surface area contributed by atoms with Gasteiger partial charge in [-0.05, 0) is 36.4 Å². The molecule has 0 atom stereocenters. The number of carbonyl (C=O) groups excluding carboxylic acids is 1. The van der Waals surface area contributed by atoms with E-state index < -0.39 is 10.8 Å². The standard InChI is InChI=1S/C20H12ClN3O3S/c21-14-6-2-1-5-13(14)19(25)22-16-11-12(9-10-17(16)24(26)27)20-23-15-7-3-4-8-18(15)28-20/h1-11H,(H,22,25). The molecule has 0 aliphatic carbocycles. The Labute approximate surface area is 168 Å². The molecule has 0 radical (unpaired) electrons. The number of hydrogen-bond donors (Lipinski definition) is 1. The van der Waals surface area contributed by atoms with E-state index in [-0.39, 0.29) is 22.0 Å². The Kier molecular flexibility index (Phi) is 4.77. The van der Waals surface area contributed by atoms with E-state index in [1.807, 2.05) is 24.3 Å². The van der Waals surface area contributed by atoms with Crippen molar-refractivity contribution in [2.24, 2.45) is 0 Å². The lowest BCUT2D eigenvalue weighted by atomic mass is 10.1. The Morgan fingerprint density at radius 3 is 2.57 bits per heavy atom. The first-order valence-electron chi connectivity index (χ1n) is 8.23. The van der Waals surface area contributed by atoms with Crippen molar-refractivity contribution in [1.82, 2.24) is 4.98 Å². The highest BCUT2D eigenvalue weighted by atomic mass is 35.5. The average Bonchev–Trinajstić information content (AvgIpc) is 3.12. The molecule has 1 amide bonds. The number of nitrogens with one attached hydrogen (secondary N) is 1. The van der Waals surface area contributed by atoms with Crippen LogP contribution < -0.4 is 5.32 Å². The molecule has 0 unspecified atom stereocenters. The zero-order chi connectivity index (χ0) is 19.7. The van der Waals surface area contributed by atoms with E-state index in [0.717, 1.165) is 10.2 Å². The van der Waals surface area contributed by atoms with Gasteiger partial charge in [0.05, 0.1) is 25.7 Å². The number of aromatic nitrogens is 1. The molecule has 0 bridgehead atoms. The van der Waals surface area contributed by atoms with Crippen LogP contribution in [0.25, 0.3) is 20.8 Å². The molecular weight excluding hydrogens is 398 g/mol. The largest absolute Gasteiger partial charge is 0.316 e. The van der Waals surface area contributed by atoms with Gasteiger partial charge in [0.2, 0.25) is 0 Å². The molecule has 8 heteroatoms. The van der Waals surface area contributed by atoms with Crippen LogP contribution in [0.4, 0.5) is 11.4 Å². The van der Waals surface area contributed by atoms with Crippen molar-refractivity contribution in [3.63, 3.8) is 0 Å². The van der Waals surface area contributed by atoms with Crippen molar-refractivity contribution in [3.8, 4) is 10.6 Å². The number of amides is 1. The maximum Gasteiger partial charge on any atom is 0.292 e. The number of hydrogen-bond acceptors (Lipinski definition) is 5. The minimum atomic E-state index is -0.537. The molecule has 0 saturated heterocycles. The Morgan fingerprint density at radius 2 is 1.82 bits per heavy atom. The molecule has 0 aliphatic heterocycles. The lowest BCUT2D eigenvalue weighted by Gasteiger charge is -2.08. The third-order valence-corrected chi connectivity index (χ3v) is 5.52. The molecule has 3 aromatic carbocycles. The lowest BCUT2D eigenvalue weighted by Crippen LogP contribution is -2.13. The van der Waals surface area contributed by atoms with Crippen molar-refractivity contribution in [3.05, 3.63) is 87.4 Å². The van der Waals surface area contributed by atoms with Crippen molar-refractivity contribution >= 4 is 50.4 Å². The van der Waals surface area contributed by atoms with Crippen molar-refractivity contribution in [2.45, 2.75) is 0 Å². The van der Waals surface area contributed by atoms with Gasteiger partial charge in [-0.15, -0.1) is 11.3 Å². The highest BCUT2D eigenvalue weighted by Gasteiger charge is 2.20. The fourth-order valence-electron chi connectivity index (χ4n) is 2.76. The summed E-state index contributed by atoms with van der Waals surface area (Å²) in [4.78, 5) is 28.0. The molecule has 0 spiro atoms. The van der Waals surface area contributed by atoms with Gasteiger partial charge in [-0.25, -0.2) is 4.98 Å². The van der Waals surface area contributed by atoms with E-state index in [1.165, 1.54) is 17.4 Å². The molecule has 1 N–H and O–H groups in total. The first-order chi connectivity index (χ1) is 13.5. The molecule has 4 rings (SSSR count). The summed E-state index contributed by atoms with van der Waals surface area (Å²) in [6, 6.07) is 18.8. The highest BCUT2D eigenvalue weighted by Crippen LogP contribution is 2.35. The van der Waals surface area contributed by atoms with E-state index in [4.69, 9.17) is 11.6 Å². The van der Waals surface area contributed by atoms with Gasteiger partial charge in [0.1, 0.15) is 10.7 Å². The number of carbonyl (C=O) groups is 1. The van der Waals surface area contributed by atoms with Gasteiger partial charge in [0.15, 0.2) is 0 Å². The molecule has 6 nitrogen and oxygen atoms in total. The third kappa shape index (κ3) is 3.45. The topological polar surface area (TPSA) is 85.1 Å². The summed E-state index contributed by atoms with van der Waals surface area (Å²) in [5, 5.41) is 15.0. The van der Waals surface area contributed by atoms with Gasteiger partial charge >= 0.3 is 0 Å². The van der Waals surface area contributed by atoms with Gasteiger partial charge in [0, 0.05) is 11.6 Å². The summed E-state index contributed by atoms with van der Waals surface area (Å²) < 4.78 is 1.01. The van der Waals surface area contributed by atoms with Crippen LogP contribution in [0.15, 0.2) is 66.7 Å². The van der Waals surface area contributed by atoms with Crippen LogP contribution in [0, 0.1) is 10.1 Å². The fourth-order valence-corrected chi connectivity index (χ4v) is 3.94. The number of nitrogens with zero attached hydrogens (tertiary/aromatic N) is 2. The Balaban J connectivity index is 1.74. The Hall–Kier alpha value is -3.29. The first kappa shape index (κ1) is 18.1. The van der Waals surface area contributed by atoms with Crippen LogP contribution in [-0.2, 0) is 0 Å². The van der Waals surface area contributed by atoms with Crippen molar-refractivity contribution < 1.29 is 9.72 Å². The van der Waals surface area contributed by atoms with Crippen LogP contribution >= 0.6 is 22.9 Å². The zero-order valence-electron chi connectivity index (χ0n) is 14.3. The second kappa shape index (κ2) is 7.38. The van der Waals surface area contributed by atoms with Crippen LogP contribution in [0.3, 0.4) is 0 Å². The third-order valence-electron chi connectivity index (χ3n) is 4.10. The minimum Gasteiger partial charge on any atom is -0.316 e. The Morgan fingerprint density at radius 1 is 1.07 bits per heavy atom. The predicted octanol–water partition coefficient (Wildman–Crippen LogP) is 5.78. The molecule has 0 aliphatic rings. The first-order valence-corrected chi connectivity index (χ1v) is 9.42. The van der Waals surface area contributed by atoms with E-state index >= 15 is 0 Å². The summed E-state index contributed by atoms with van der Waals surface area (Å²) >= 11 is 7.53. The molecular formula is C20H12ClN3O3S. The number of benzene rings is 3. The van der Waals surface area contributed by atoms with Crippen LogP contribution in [-0.4, -0.2) is 15.8 Å². The summed E-state index contributed by atoms with van der Waals surface area (Å²) in [5.74, 6) is -0.518. The molecule has 28 heavy (non-hydrogen) atoms. The molecule has 1 aromatic heterocycles. The molecule has 1 heterocycles. The van der Waals surface area contributed by atoms with E-state index in [2.05, 4.69) is 10.3 Å². The SMILES string of the molecule is O=C(Nc1cc(-c2nc3ccccc3s2)ccc1[N+](=O)[O-])c1ccccc1Cl. The molecule has 4 aromatic rings. The molecule has 0 fully saturated rings. The lowest BCUT2D eigenvalue weighted by molar-refractivity contribution is -0.383. The maximum absolute atomic E-state index is 12.6. The van der Waals surface area contributed by atoms with Gasteiger partial charge < -0.3 is 5.32 Å². The predicted molar refractivity (Wildman–Crippen MR) is 111 cm³/mol. The second-order valence-electron chi connectivity index (χ2n) is 5.91. The number of nitro benzene ring substituents is 1. The van der Waals surface area contributed by atoms with Crippen LogP contribution in [0.1, 0.15) is 10.4 Å². The number of halogens is 1. The maximum atomic E-state index is 12.6. The summed E-state index contributed by atoms with van der Waals surface area (Å²) in [6.45, 7) is 0. The normalized spacial score (nSPS) is 10.8. The monoisotopic (exact) mass is 409 g/mol. The zero-order valence-corrected chi connectivity index (χ0v) is 15.8. The van der Waals surface area contributed by atoms with Crippen molar-refractivity contribution in [1.29, 1.82) is 0 Å². The Bertz CT molecular complexity index is 1190. The highest BCUT2D eigenvalue weighted by molar-refractivity contribution is 7.21. The fraction of sp³-hybridized carbons (Fsp3) is 0. The second-order valence-corrected chi connectivity index (χ2v) is 7.35. The quantitative estimate of drug-likeness (QED) is 0.342. The van der Waals surface area contributed by atoms with Crippen molar-refractivity contribution in [2.75, 3.05) is 5.32 Å². The number of para-hydroxylation sites is 1. The van der Waals surface area contributed by atoms with E-state index in [9.17, 15) is 14.9 Å². The summed E-state index contributed by atoms with van der Waals surface area (Å²) in [6.07, 6.45) is 0. The number of thiazole rings is 1. The smallest absolute Gasteiger partial charge is 0.292 e. The number of fused-ring (bicyclic) bond motifs is 1. The van der Waals surface area contributed by atoms with E-state index in [1.54, 1.807) is 36.4 Å². The number of anilines is 1. The number of rotatable bonds is 4. The summed E-state index contributed by atoms with van der Waals surface area (Å²) in [5.41, 5.74) is 1.66. The average molecular weight is 410 g/mol.